The molecule has 3 rings (SSSR count). The van der Waals surface area contributed by atoms with Gasteiger partial charge < -0.3 is 15.4 Å². The van der Waals surface area contributed by atoms with Gasteiger partial charge in [-0.3, -0.25) is 0 Å². The van der Waals surface area contributed by atoms with Crippen LogP contribution in [0.15, 0.2) is 48.8 Å². The van der Waals surface area contributed by atoms with Gasteiger partial charge in [-0.05, 0) is 37.3 Å². The second-order valence-electron chi connectivity index (χ2n) is 5.97. The molecular weight excluding hydrogens is 304 g/mol. The van der Waals surface area contributed by atoms with Crippen LogP contribution < -0.4 is 10.6 Å². The second kappa shape index (κ2) is 8.29. The molecule has 0 spiro atoms. The second-order valence-corrected chi connectivity index (χ2v) is 5.97. The van der Waals surface area contributed by atoms with Crippen LogP contribution in [0.4, 0.5) is 10.7 Å². The van der Waals surface area contributed by atoms with Crippen LogP contribution in [0, 0.1) is 0 Å². The lowest BCUT2D eigenvalue weighted by atomic mass is 9.91. The number of aromatic nitrogens is 2. The standard InChI is InChI=1S/C18H22N4O2/c23-18(24-13-14-5-2-1-3-6-14)22-16-9-7-15(8-10-16)21-17-19-11-4-12-20-17/h1-6,11-12,15-16H,7-10,13H2,(H,22,23)(H,19,20,21)/t15-,16-. The molecule has 0 unspecified atom stereocenters. The van der Waals surface area contributed by atoms with Gasteiger partial charge in [0.05, 0.1) is 0 Å². The lowest BCUT2D eigenvalue weighted by Crippen LogP contribution is -2.40. The summed E-state index contributed by atoms with van der Waals surface area (Å²) < 4.78 is 5.27. The first kappa shape index (κ1) is 16.2. The zero-order chi connectivity index (χ0) is 16.6. The van der Waals surface area contributed by atoms with Crippen LogP contribution in [-0.2, 0) is 11.3 Å². The third-order valence-electron chi connectivity index (χ3n) is 4.16. The van der Waals surface area contributed by atoms with E-state index in [1.807, 2.05) is 30.3 Å². The third-order valence-corrected chi connectivity index (χ3v) is 4.16. The number of alkyl carbamates (subject to hydrolysis) is 1. The lowest BCUT2D eigenvalue weighted by molar-refractivity contribution is 0.132. The van der Waals surface area contributed by atoms with Crippen molar-refractivity contribution in [2.75, 3.05) is 5.32 Å². The van der Waals surface area contributed by atoms with Gasteiger partial charge in [-0.25, -0.2) is 14.8 Å². The average molecular weight is 326 g/mol. The van der Waals surface area contributed by atoms with Crippen molar-refractivity contribution < 1.29 is 9.53 Å². The van der Waals surface area contributed by atoms with Crippen molar-refractivity contribution in [1.29, 1.82) is 0 Å². The van der Waals surface area contributed by atoms with Crippen LogP contribution in [-0.4, -0.2) is 28.1 Å². The van der Waals surface area contributed by atoms with E-state index in [9.17, 15) is 4.79 Å². The van der Waals surface area contributed by atoms with Crippen LogP contribution >= 0.6 is 0 Å². The monoisotopic (exact) mass is 326 g/mol. The Morgan fingerprint density at radius 3 is 2.38 bits per heavy atom. The number of nitrogens with one attached hydrogen (secondary N) is 2. The van der Waals surface area contributed by atoms with Crippen molar-refractivity contribution in [2.45, 2.75) is 44.4 Å². The summed E-state index contributed by atoms with van der Waals surface area (Å²) in [6.45, 7) is 0.301. The Morgan fingerprint density at radius 2 is 1.67 bits per heavy atom. The predicted octanol–water partition coefficient (Wildman–Crippen LogP) is 3.13. The first-order valence-corrected chi connectivity index (χ1v) is 8.30. The molecule has 1 fully saturated rings. The summed E-state index contributed by atoms with van der Waals surface area (Å²) in [6, 6.07) is 12.0. The smallest absolute Gasteiger partial charge is 0.407 e. The van der Waals surface area contributed by atoms with E-state index in [0.29, 0.717) is 18.6 Å². The summed E-state index contributed by atoms with van der Waals surface area (Å²) >= 11 is 0. The molecule has 1 aliphatic carbocycles. The van der Waals surface area contributed by atoms with Crippen LogP contribution in [0.25, 0.3) is 0 Å². The molecule has 1 heterocycles. The number of hydrogen-bond donors (Lipinski definition) is 2. The molecule has 0 atom stereocenters. The largest absolute Gasteiger partial charge is 0.445 e. The zero-order valence-electron chi connectivity index (χ0n) is 13.5. The topological polar surface area (TPSA) is 76.1 Å². The van der Waals surface area contributed by atoms with Crippen molar-refractivity contribution in [1.82, 2.24) is 15.3 Å². The summed E-state index contributed by atoms with van der Waals surface area (Å²) in [7, 11) is 0. The first-order valence-electron chi connectivity index (χ1n) is 8.30. The molecule has 0 radical (unpaired) electrons. The van der Waals surface area contributed by atoms with Crippen LogP contribution in [0.2, 0.25) is 0 Å². The van der Waals surface area contributed by atoms with E-state index in [1.54, 1.807) is 18.5 Å². The maximum atomic E-state index is 11.9. The van der Waals surface area contributed by atoms with Gasteiger partial charge in [0.15, 0.2) is 0 Å². The van der Waals surface area contributed by atoms with Crippen molar-refractivity contribution in [2.24, 2.45) is 0 Å². The minimum atomic E-state index is -0.346. The summed E-state index contributed by atoms with van der Waals surface area (Å²) in [6.07, 6.45) is 6.90. The Bertz CT molecular complexity index is 628. The maximum absolute atomic E-state index is 11.9. The highest BCUT2D eigenvalue weighted by Crippen LogP contribution is 2.21. The van der Waals surface area contributed by atoms with Gasteiger partial charge in [0.1, 0.15) is 6.61 Å². The van der Waals surface area contributed by atoms with Gasteiger partial charge in [-0.15, -0.1) is 0 Å². The average Bonchev–Trinajstić information content (AvgIpc) is 2.63. The van der Waals surface area contributed by atoms with E-state index < -0.39 is 0 Å². The molecule has 1 aromatic carbocycles. The normalized spacial score (nSPS) is 20.2. The van der Waals surface area contributed by atoms with E-state index in [2.05, 4.69) is 20.6 Å². The number of ether oxygens (including phenoxy) is 1. The SMILES string of the molecule is O=C(N[C@H]1CC[C@H](Nc2ncccn2)CC1)OCc1ccccc1. The number of carbonyl (C=O) groups excluding carboxylic acids is 1. The van der Waals surface area contributed by atoms with Gasteiger partial charge in [-0.1, -0.05) is 30.3 Å². The Kier molecular flexibility index (Phi) is 5.61. The molecule has 1 saturated carbocycles. The van der Waals surface area contributed by atoms with Crippen molar-refractivity contribution in [3.05, 3.63) is 54.4 Å². The molecule has 6 nitrogen and oxygen atoms in total. The highest BCUT2D eigenvalue weighted by molar-refractivity contribution is 5.67. The lowest BCUT2D eigenvalue weighted by Gasteiger charge is -2.29. The highest BCUT2D eigenvalue weighted by atomic mass is 16.5. The van der Waals surface area contributed by atoms with E-state index in [1.165, 1.54) is 0 Å². The fourth-order valence-corrected chi connectivity index (χ4v) is 2.87. The van der Waals surface area contributed by atoms with Gasteiger partial charge in [0.2, 0.25) is 5.95 Å². The highest BCUT2D eigenvalue weighted by Gasteiger charge is 2.23. The fourth-order valence-electron chi connectivity index (χ4n) is 2.87. The van der Waals surface area contributed by atoms with E-state index >= 15 is 0 Å². The molecule has 0 aliphatic heterocycles. The Labute approximate surface area is 141 Å². The number of rotatable bonds is 5. The third kappa shape index (κ3) is 4.94. The number of amides is 1. The van der Waals surface area contributed by atoms with E-state index in [-0.39, 0.29) is 12.1 Å². The van der Waals surface area contributed by atoms with Crippen molar-refractivity contribution in [3.63, 3.8) is 0 Å². The van der Waals surface area contributed by atoms with Crippen LogP contribution in [0.1, 0.15) is 31.2 Å². The summed E-state index contributed by atoms with van der Waals surface area (Å²) in [5.41, 5.74) is 0.989. The van der Waals surface area contributed by atoms with Gasteiger partial charge in [0, 0.05) is 24.5 Å². The predicted molar refractivity (Wildman–Crippen MR) is 91.5 cm³/mol. The summed E-state index contributed by atoms with van der Waals surface area (Å²) in [5.74, 6) is 0.663. The van der Waals surface area contributed by atoms with Gasteiger partial charge >= 0.3 is 6.09 Å². The molecule has 2 aromatic rings. The van der Waals surface area contributed by atoms with Crippen molar-refractivity contribution >= 4 is 12.0 Å². The maximum Gasteiger partial charge on any atom is 0.407 e. The number of hydrogen-bond acceptors (Lipinski definition) is 5. The molecule has 1 aliphatic rings. The minimum Gasteiger partial charge on any atom is -0.445 e. The first-order chi connectivity index (χ1) is 11.8. The van der Waals surface area contributed by atoms with Crippen LogP contribution in [0.3, 0.4) is 0 Å². The molecule has 0 bridgehead atoms. The quantitative estimate of drug-likeness (QED) is 0.883. The molecule has 6 heteroatoms. The molecular formula is C18H22N4O2. The Hall–Kier alpha value is -2.63. The number of nitrogens with zero attached hydrogens (tertiary/aromatic N) is 2. The van der Waals surface area contributed by atoms with E-state index in [4.69, 9.17) is 4.74 Å². The van der Waals surface area contributed by atoms with Gasteiger partial charge in [-0.2, -0.15) is 0 Å². The Morgan fingerprint density at radius 1 is 1.00 bits per heavy atom. The number of anilines is 1. The molecule has 24 heavy (non-hydrogen) atoms. The van der Waals surface area contributed by atoms with Crippen LogP contribution in [0.5, 0.6) is 0 Å². The summed E-state index contributed by atoms with van der Waals surface area (Å²) in [5, 5.41) is 6.29. The molecule has 1 aromatic heterocycles. The zero-order valence-corrected chi connectivity index (χ0v) is 13.5. The van der Waals surface area contributed by atoms with Crippen molar-refractivity contribution in [3.8, 4) is 0 Å². The molecule has 126 valence electrons. The number of benzene rings is 1. The molecule has 0 saturated heterocycles. The van der Waals surface area contributed by atoms with Gasteiger partial charge in [0.25, 0.3) is 0 Å². The molecule has 1 amide bonds. The number of carbonyl (C=O) groups is 1. The molecule has 2 N–H and O–H groups in total. The Balaban J connectivity index is 1.36. The summed E-state index contributed by atoms with van der Waals surface area (Å²) in [4.78, 5) is 20.3. The van der Waals surface area contributed by atoms with E-state index in [0.717, 1.165) is 31.2 Å². The fraction of sp³-hybridized carbons (Fsp3) is 0.389. The minimum absolute atomic E-state index is 0.169.